The molecule has 2 heterocycles. The summed E-state index contributed by atoms with van der Waals surface area (Å²) in [6.07, 6.45) is -0.266. The molecule has 0 bridgehead atoms. The van der Waals surface area contributed by atoms with E-state index in [-0.39, 0.29) is 11.8 Å². The normalized spacial score (nSPS) is 14.9. The van der Waals surface area contributed by atoms with E-state index in [1.807, 2.05) is 36.4 Å². The first-order valence-corrected chi connectivity index (χ1v) is 9.28. The number of H-pyrrole nitrogens is 1. The number of aliphatic hydroxyl groups excluding tert-OH is 1. The number of hydrogen-bond acceptors (Lipinski definition) is 3. The lowest BCUT2D eigenvalue weighted by molar-refractivity contribution is -0.140. The SMILES string of the molecule is CC(O)C(=O)N1CCc2[nH]nc(C(c3ccccc3)c3ccccc3)c2C1. The first-order valence-electron chi connectivity index (χ1n) is 9.28. The number of nitrogens with one attached hydrogen (secondary N) is 1. The second-order valence-electron chi connectivity index (χ2n) is 7.01. The average Bonchev–Trinajstić information content (AvgIpc) is 3.12. The van der Waals surface area contributed by atoms with Crippen LogP contribution in [0.2, 0.25) is 0 Å². The van der Waals surface area contributed by atoms with Crippen molar-refractivity contribution in [1.82, 2.24) is 15.1 Å². The van der Waals surface area contributed by atoms with Crippen molar-refractivity contribution < 1.29 is 9.90 Å². The molecule has 27 heavy (non-hydrogen) atoms. The van der Waals surface area contributed by atoms with Gasteiger partial charge in [0.1, 0.15) is 6.10 Å². The van der Waals surface area contributed by atoms with Gasteiger partial charge in [0.2, 0.25) is 0 Å². The second kappa shape index (κ2) is 7.37. The molecule has 2 aromatic carbocycles. The van der Waals surface area contributed by atoms with Crippen molar-refractivity contribution in [1.29, 1.82) is 0 Å². The van der Waals surface area contributed by atoms with E-state index in [9.17, 15) is 9.90 Å². The highest BCUT2D eigenvalue weighted by molar-refractivity contribution is 5.80. The molecule has 138 valence electrons. The van der Waals surface area contributed by atoms with Gasteiger partial charge in [-0.15, -0.1) is 0 Å². The van der Waals surface area contributed by atoms with Gasteiger partial charge in [0.05, 0.1) is 11.6 Å². The molecule has 5 heteroatoms. The molecule has 0 saturated heterocycles. The monoisotopic (exact) mass is 361 g/mol. The quantitative estimate of drug-likeness (QED) is 0.751. The summed E-state index contributed by atoms with van der Waals surface area (Å²) in [7, 11) is 0. The minimum Gasteiger partial charge on any atom is -0.384 e. The van der Waals surface area contributed by atoms with Gasteiger partial charge in [0, 0.05) is 30.8 Å². The largest absolute Gasteiger partial charge is 0.384 e. The highest BCUT2D eigenvalue weighted by atomic mass is 16.3. The van der Waals surface area contributed by atoms with E-state index in [1.165, 1.54) is 6.92 Å². The summed E-state index contributed by atoms with van der Waals surface area (Å²) in [5, 5.41) is 17.5. The Labute approximate surface area is 158 Å². The third kappa shape index (κ3) is 3.38. The first kappa shape index (κ1) is 17.5. The fourth-order valence-electron chi connectivity index (χ4n) is 3.81. The zero-order chi connectivity index (χ0) is 18.8. The third-order valence-corrected chi connectivity index (χ3v) is 5.17. The van der Waals surface area contributed by atoms with Gasteiger partial charge in [0.15, 0.2) is 0 Å². The standard InChI is InChI=1S/C22H23N3O2/c1-15(26)22(27)25-13-12-19-18(14-25)21(24-23-19)20(16-8-4-2-5-9-16)17-10-6-3-7-11-17/h2-11,15,20,26H,12-14H2,1H3,(H,23,24). The molecular weight excluding hydrogens is 338 g/mol. The van der Waals surface area contributed by atoms with Crippen LogP contribution in [0.5, 0.6) is 0 Å². The molecule has 2 N–H and O–H groups in total. The Balaban J connectivity index is 1.77. The number of aliphatic hydroxyl groups is 1. The lowest BCUT2D eigenvalue weighted by atomic mass is 9.85. The number of hydrogen-bond donors (Lipinski definition) is 2. The maximum Gasteiger partial charge on any atom is 0.251 e. The fourth-order valence-corrected chi connectivity index (χ4v) is 3.81. The topological polar surface area (TPSA) is 69.2 Å². The molecule has 1 aromatic heterocycles. The van der Waals surface area contributed by atoms with Crippen LogP contribution >= 0.6 is 0 Å². The van der Waals surface area contributed by atoms with Crippen molar-refractivity contribution in [2.75, 3.05) is 6.54 Å². The van der Waals surface area contributed by atoms with Crippen LogP contribution in [-0.2, 0) is 17.8 Å². The maximum absolute atomic E-state index is 12.3. The molecule has 0 spiro atoms. The number of amides is 1. The Bertz CT molecular complexity index is 880. The lowest BCUT2D eigenvalue weighted by Gasteiger charge is -2.29. The highest BCUT2D eigenvalue weighted by Gasteiger charge is 2.30. The number of fused-ring (bicyclic) bond motifs is 1. The van der Waals surface area contributed by atoms with Crippen LogP contribution in [0.4, 0.5) is 0 Å². The molecule has 4 rings (SSSR count). The van der Waals surface area contributed by atoms with Crippen LogP contribution in [0.25, 0.3) is 0 Å². The molecule has 0 saturated carbocycles. The summed E-state index contributed by atoms with van der Waals surface area (Å²) in [4.78, 5) is 14.0. The summed E-state index contributed by atoms with van der Waals surface area (Å²) < 4.78 is 0. The summed E-state index contributed by atoms with van der Waals surface area (Å²) in [6, 6.07) is 20.6. The van der Waals surface area contributed by atoms with Crippen LogP contribution in [0, 0.1) is 0 Å². The molecule has 1 aliphatic heterocycles. The van der Waals surface area contributed by atoms with Gasteiger partial charge < -0.3 is 10.0 Å². The predicted octanol–water partition coefficient (Wildman–Crippen LogP) is 2.86. The molecule has 0 radical (unpaired) electrons. The number of carbonyl (C=O) groups excluding carboxylic acids is 1. The van der Waals surface area contributed by atoms with E-state index in [0.29, 0.717) is 13.1 Å². The molecule has 3 aromatic rings. The molecule has 1 atom stereocenters. The highest BCUT2D eigenvalue weighted by Crippen LogP contribution is 2.35. The van der Waals surface area contributed by atoms with Crippen molar-refractivity contribution in [3.8, 4) is 0 Å². The van der Waals surface area contributed by atoms with Crippen LogP contribution in [0.1, 0.15) is 40.9 Å². The summed E-state index contributed by atoms with van der Waals surface area (Å²) in [6.45, 7) is 2.59. The zero-order valence-corrected chi connectivity index (χ0v) is 15.3. The van der Waals surface area contributed by atoms with Gasteiger partial charge in [-0.1, -0.05) is 60.7 Å². The van der Waals surface area contributed by atoms with E-state index >= 15 is 0 Å². The number of rotatable bonds is 4. The van der Waals surface area contributed by atoms with Crippen LogP contribution in [0.15, 0.2) is 60.7 Å². The summed E-state index contributed by atoms with van der Waals surface area (Å²) in [5.41, 5.74) is 5.42. The minimum absolute atomic E-state index is 0.00555. The van der Waals surface area contributed by atoms with Crippen molar-refractivity contribution in [2.45, 2.75) is 31.9 Å². The van der Waals surface area contributed by atoms with Crippen molar-refractivity contribution in [2.24, 2.45) is 0 Å². The van der Waals surface area contributed by atoms with Gasteiger partial charge in [0.25, 0.3) is 5.91 Å². The molecule has 0 aliphatic carbocycles. The Morgan fingerprint density at radius 2 is 1.67 bits per heavy atom. The first-order chi connectivity index (χ1) is 13.1. The zero-order valence-electron chi connectivity index (χ0n) is 15.3. The Hall–Kier alpha value is -2.92. The number of aromatic nitrogens is 2. The van der Waals surface area contributed by atoms with E-state index in [2.05, 4.69) is 34.5 Å². The fraction of sp³-hybridized carbons (Fsp3) is 0.273. The maximum atomic E-state index is 12.3. The van der Waals surface area contributed by atoms with Crippen LogP contribution in [0.3, 0.4) is 0 Å². The van der Waals surface area contributed by atoms with Crippen molar-refractivity contribution >= 4 is 5.91 Å². The Morgan fingerprint density at radius 3 is 2.22 bits per heavy atom. The van der Waals surface area contributed by atoms with Crippen LogP contribution < -0.4 is 0 Å². The number of aromatic amines is 1. The lowest BCUT2D eigenvalue weighted by Crippen LogP contribution is -2.41. The van der Waals surface area contributed by atoms with E-state index < -0.39 is 6.10 Å². The van der Waals surface area contributed by atoms with E-state index in [1.54, 1.807) is 4.90 Å². The second-order valence-corrected chi connectivity index (χ2v) is 7.01. The molecule has 1 amide bonds. The number of nitrogens with zero attached hydrogens (tertiary/aromatic N) is 2. The van der Waals surface area contributed by atoms with Crippen LogP contribution in [-0.4, -0.2) is 38.8 Å². The predicted molar refractivity (Wildman–Crippen MR) is 103 cm³/mol. The van der Waals surface area contributed by atoms with E-state index in [4.69, 9.17) is 0 Å². The number of carbonyl (C=O) groups is 1. The smallest absolute Gasteiger partial charge is 0.251 e. The van der Waals surface area contributed by atoms with Gasteiger partial charge in [-0.25, -0.2) is 0 Å². The minimum atomic E-state index is -0.985. The summed E-state index contributed by atoms with van der Waals surface area (Å²) in [5.74, 6) is -0.238. The molecule has 1 unspecified atom stereocenters. The Kier molecular flexibility index (Phi) is 4.77. The van der Waals surface area contributed by atoms with Gasteiger partial charge in [-0.2, -0.15) is 5.10 Å². The molecule has 5 nitrogen and oxygen atoms in total. The average molecular weight is 361 g/mol. The van der Waals surface area contributed by atoms with Crippen molar-refractivity contribution in [3.05, 3.63) is 88.7 Å². The van der Waals surface area contributed by atoms with Gasteiger partial charge >= 0.3 is 0 Å². The molecule has 1 aliphatic rings. The van der Waals surface area contributed by atoms with Gasteiger partial charge in [-0.3, -0.25) is 9.89 Å². The van der Waals surface area contributed by atoms with Crippen molar-refractivity contribution in [3.63, 3.8) is 0 Å². The van der Waals surface area contributed by atoms with Gasteiger partial charge in [-0.05, 0) is 18.1 Å². The Morgan fingerprint density at radius 1 is 1.07 bits per heavy atom. The molecule has 0 fully saturated rings. The molecular formula is C22H23N3O2. The third-order valence-electron chi connectivity index (χ3n) is 5.17. The number of benzene rings is 2. The summed E-state index contributed by atoms with van der Waals surface area (Å²) >= 11 is 0. The van der Waals surface area contributed by atoms with E-state index in [0.717, 1.165) is 34.5 Å².